The highest BCUT2D eigenvalue weighted by Crippen LogP contribution is 2.30. The number of nitrogens with zero attached hydrogens (tertiary/aromatic N) is 3. The van der Waals surface area contributed by atoms with Crippen molar-refractivity contribution in [3.8, 4) is 0 Å². The number of aromatic nitrogens is 2. The number of benzene rings is 2. The van der Waals surface area contributed by atoms with Crippen LogP contribution in [-0.2, 0) is 10.0 Å². The Balaban J connectivity index is 1.50. The first-order chi connectivity index (χ1) is 15.2. The maximum absolute atomic E-state index is 12.8. The van der Waals surface area contributed by atoms with Gasteiger partial charge in [-0.1, -0.05) is 23.2 Å². The van der Waals surface area contributed by atoms with Gasteiger partial charge in [0.2, 0.25) is 5.95 Å². The Bertz CT molecular complexity index is 1240. The van der Waals surface area contributed by atoms with Crippen LogP contribution >= 0.6 is 23.2 Å². The summed E-state index contributed by atoms with van der Waals surface area (Å²) in [5, 5.41) is 3.67. The van der Waals surface area contributed by atoms with E-state index in [0.717, 1.165) is 30.3 Å². The number of sulfonamides is 1. The number of aryl methyl sites for hydroxylation is 2. The lowest BCUT2D eigenvalue weighted by Crippen LogP contribution is -2.19. The molecule has 1 fully saturated rings. The zero-order valence-electron chi connectivity index (χ0n) is 17.7. The highest BCUT2D eigenvalue weighted by Gasteiger charge is 2.20. The van der Waals surface area contributed by atoms with Crippen LogP contribution in [0.2, 0.25) is 10.0 Å². The van der Waals surface area contributed by atoms with Gasteiger partial charge in [0.25, 0.3) is 10.0 Å². The summed E-state index contributed by atoms with van der Waals surface area (Å²) in [7, 11) is -3.87. The lowest BCUT2D eigenvalue weighted by molar-refractivity contribution is 0.601. The van der Waals surface area contributed by atoms with Crippen molar-refractivity contribution in [2.75, 3.05) is 28.0 Å². The van der Waals surface area contributed by atoms with Crippen molar-refractivity contribution in [3.63, 3.8) is 0 Å². The summed E-state index contributed by atoms with van der Waals surface area (Å²) in [5.74, 6) is 1.42. The van der Waals surface area contributed by atoms with Gasteiger partial charge in [-0.25, -0.2) is 13.4 Å². The molecule has 0 atom stereocenters. The van der Waals surface area contributed by atoms with Crippen molar-refractivity contribution in [2.45, 2.75) is 31.6 Å². The topological polar surface area (TPSA) is 87.2 Å². The van der Waals surface area contributed by atoms with Gasteiger partial charge in [-0.3, -0.25) is 4.72 Å². The smallest absolute Gasteiger partial charge is 0.263 e. The third-order valence-corrected chi connectivity index (χ3v) is 7.42. The van der Waals surface area contributed by atoms with Gasteiger partial charge >= 0.3 is 0 Å². The number of hydrogen-bond acceptors (Lipinski definition) is 6. The van der Waals surface area contributed by atoms with Gasteiger partial charge in [0.05, 0.1) is 5.02 Å². The molecule has 0 spiro atoms. The first-order valence-electron chi connectivity index (χ1n) is 10.2. The van der Waals surface area contributed by atoms with Gasteiger partial charge in [0.1, 0.15) is 10.7 Å². The summed E-state index contributed by atoms with van der Waals surface area (Å²) in [4.78, 5) is 11.3. The summed E-state index contributed by atoms with van der Waals surface area (Å²) < 4.78 is 28.1. The standard InChI is InChI=1S/C22H23Cl2N5O2S/c1-14-11-20(19(24)13-18(14)23)32(30,31)28-17-7-5-16(6-8-17)26-22-25-15(2)12-21(27-22)29-9-3-4-10-29/h5-8,11-13,28H,3-4,9-10H2,1-2H3,(H,25,26,27). The number of anilines is 4. The Kier molecular flexibility index (Phi) is 6.46. The lowest BCUT2D eigenvalue weighted by Gasteiger charge is -2.17. The van der Waals surface area contributed by atoms with E-state index < -0.39 is 10.0 Å². The Hall–Kier alpha value is -2.55. The minimum atomic E-state index is -3.87. The fraction of sp³-hybridized carbons (Fsp3) is 0.273. The second-order valence-electron chi connectivity index (χ2n) is 7.72. The number of halogens is 2. The van der Waals surface area contributed by atoms with Crippen molar-refractivity contribution >= 4 is 56.4 Å². The second-order valence-corrected chi connectivity index (χ2v) is 10.2. The van der Waals surface area contributed by atoms with Crippen LogP contribution in [-0.4, -0.2) is 31.5 Å². The first-order valence-corrected chi connectivity index (χ1v) is 12.4. The van der Waals surface area contributed by atoms with Crippen LogP contribution in [0.25, 0.3) is 0 Å². The Morgan fingerprint density at radius 2 is 1.56 bits per heavy atom. The van der Waals surface area contributed by atoms with Gasteiger partial charge in [0.15, 0.2) is 0 Å². The van der Waals surface area contributed by atoms with Crippen LogP contribution in [0, 0.1) is 13.8 Å². The van der Waals surface area contributed by atoms with E-state index >= 15 is 0 Å². The van der Waals surface area contributed by atoms with Crippen LogP contribution < -0.4 is 14.9 Å². The zero-order chi connectivity index (χ0) is 22.9. The molecular weight excluding hydrogens is 469 g/mol. The maximum Gasteiger partial charge on any atom is 0.263 e. The van der Waals surface area contributed by atoms with Gasteiger partial charge in [-0.2, -0.15) is 4.98 Å². The zero-order valence-corrected chi connectivity index (χ0v) is 20.0. The molecule has 0 radical (unpaired) electrons. The molecule has 1 aliphatic rings. The average molecular weight is 492 g/mol. The number of rotatable bonds is 6. The Labute approximate surface area is 197 Å². The Morgan fingerprint density at radius 3 is 2.25 bits per heavy atom. The quantitative estimate of drug-likeness (QED) is 0.470. The van der Waals surface area contributed by atoms with E-state index in [1.54, 1.807) is 31.2 Å². The SMILES string of the molecule is Cc1cc(N2CCCC2)nc(Nc2ccc(NS(=O)(=O)c3cc(C)c(Cl)cc3Cl)cc2)n1. The van der Waals surface area contributed by atoms with Crippen molar-refractivity contribution in [3.05, 3.63) is 63.8 Å². The highest BCUT2D eigenvalue weighted by molar-refractivity contribution is 7.92. The van der Waals surface area contributed by atoms with E-state index in [4.69, 9.17) is 23.2 Å². The predicted octanol–water partition coefficient (Wildman–Crippen LogP) is 5.54. The molecule has 0 aliphatic carbocycles. The van der Waals surface area contributed by atoms with Gasteiger partial charge < -0.3 is 10.2 Å². The third kappa shape index (κ3) is 5.09. The molecule has 3 aromatic rings. The van der Waals surface area contributed by atoms with Crippen LogP contribution in [0.15, 0.2) is 47.4 Å². The molecule has 0 unspecified atom stereocenters. The summed E-state index contributed by atoms with van der Waals surface area (Å²) in [6.45, 7) is 5.67. The van der Waals surface area contributed by atoms with Crippen LogP contribution in [0.4, 0.5) is 23.1 Å². The minimum absolute atomic E-state index is 0.0223. The molecule has 10 heteroatoms. The van der Waals surface area contributed by atoms with Crippen LogP contribution in [0.5, 0.6) is 0 Å². The van der Waals surface area contributed by atoms with Crippen molar-refractivity contribution < 1.29 is 8.42 Å². The molecule has 0 saturated carbocycles. The lowest BCUT2D eigenvalue weighted by atomic mass is 10.2. The van der Waals surface area contributed by atoms with Crippen molar-refractivity contribution in [1.82, 2.24) is 9.97 Å². The molecule has 2 N–H and O–H groups in total. The van der Waals surface area contributed by atoms with E-state index in [0.29, 0.717) is 22.2 Å². The molecular formula is C22H23Cl2N5O2S. The second kappa shape index (κ2) is 9.13. The largest absolute Gasteiger partial charge is 0.356 e. The molecule has 32 heavy (non-hydrogen) atoms. The monoisotopic (exact) mass is 491 g/mol. The molecule has 2 aromatic carbocycles. The van der Waals surface area contributed by atoms with Gasteiger partial charge in [0, 0.05) is 41.2 Å². The average Bonchev–Trinajstić information content (AvgIpc) is 3.26. The third-order valence-electron chi connectivity index (χ3n) is 5.17. The molecule has 1 aliphatic heterocycles. The van der Waals surface area contributed by atoms with E-state index in [-0.39, 0.29) is 9.92 Å². The van der Waals surface area contributed by atoms with Crippen molar-refractivity contribution in [2.24, 2.45) is 0 Å². The van der Waals surface area contributed by atoms with E-state index in [2.05, 4.69) is 24.9 Å². The normalized spacial score (nSPS) is 13.9. The first kappa shape index (κ1) is 22.6. The summed E-state index contributed by atoms with van der Waals surface area (Å²) in [5.41, 5.74) is 2.65. The summed E-state index contributed by atoms with van der Waals surface area (Å²) in [6.07, 6.45) is 2.34. The molecule has 4 rings (SSSR count). The van der Waals surface area contributed by atoms with Crippen LogP contribution in [0.3, 0.4) is 0 Å². The maximum atomic E-state index is 12.8. The predicted molar refractivity (Wildman–Crippen MR) is 130 cm³/mol. The van der Waals surface area contributed by atoms with Gasteiger partial charge in [-0.05, 0) is 68.7 Å². The van der Waals surface area contributed by atoms with Crippen molar-refractivity contribution in [1.29, 1.82) is 0 Å². The molecule has 1 saturated heterocycles. The van der Waals surface area contributed by atoms with E-state index in [1.807, 2.05) is 13.0 Å². The van der Waals surface area contributed by atoms with E-state index in [1.165, 1.54) is 25.0 Å². The number of hydrogen-bond donors (Lipinski definition) is 2. The summed E-state index contributed by atoms with van der Waals surface area (Å²) in [6, 6.07) is 11.7. The Morgan fingerprint density at radius 1 is 0.906 bits per heavy atom. The molecule has 0 amide bonds. The van der Waals surface area contributed by atoms with Crippen LogP contribution in [0.1, 0.15) is 24.1 Å². The molecule has 1 aromatic heterocycles. The summed E-state index contributed by atoms with van der Waals surface area (Å²) >= 11 is 12.1. The van der Waals surface area contributed by atoms with E-state index in [9.17, 15) is 8.42 Å². The molecule has 2 heterocycles. The highest BCUT2D eigenvalue weighted by atomic mass is 35.5. The molecule has 0 bridgehead atoms. The fourth-order valence-corrected chi connectivity index (χ4v) is 5.41. The minimum Gasteiger partial charge on any atom is -0.356 e. The number of nitrogens with one attached hydrogen (secondary N) is 2. The van der Waals surface area contributed by atoms with Gasteiger partial charge in [-0.15, -0.1) is 0 Å². The molecule has 168 valence electrons. The molecule has 7 nitrogen and oxygen atoms in total. The fourth-order valence-electron chi connectivity index (χ4n) is 3.51.